The third kappa shape index (κ3) is 3.65. The smallest absolute Gasteiger partial charge is 0.183 e. The van der Waals surface area contributed by atoms with E-state index in [9.17, 15) is 8.42 Å². The van der Waals surface area contributed by atoms with Crippen LogP contribution in [0.25, 0.3) is 10.2 Å². The van der Waals surface area contributed by atoms with E-state index in [0.29, 0.717) is 13.2 Å². The molecular weight excluding hydrogens is 308 g/mol. The van der Waals surface area contributed by atoms with E-state index in [1.165, 1.54) is 17.6 Å². The van der Waals surface area contributed by atoms with Crippen LogP contribution in [0.4, 0.5) is 5.13 Å². The van der Waals surface area contributed by atoms with E-state index in [2.05, 4.69) is 10.3 Å². The summed E-state index contributed by atoms with van der Waals surface area (Å²) in [5.41, 5.74) is 0.878. The molecule has 0 atom stereocenters. The fourth-order valence-corrected chi connectivity index (χ4v) is 2.88. The molecule has 2 aromatic rings. The maximum Gasteiger partial charge on any atom is 0.183 e. The van der Waals surface area contributed by atoms with Crippen molar-refractivity contribution < 1.29 is 13.2 Å². The summed E-state index contributed by atoms with van der Waals surface area (Å²) in [5.74, 6) is 0.816. The number of ether oxygens (including phenoxy) is 1. The molecular formula is C14H20N2O3S2. The Hall–Kier alpha value is -1.34. The minimum absolute atomic E-state index is 0.323. The van der Waals surface area contributed by atoms with Gasteiger partial charge in [-0.1, -0.05) is 11.3 Å². The minimum Gasteiger partial charge on any atom is -0.494 e. The molecule has 0 saturated heterocycles. The van der Waals surface area contributed by atoms with E-state index < -0.39 is 14.6 Å². The number of hydrogen-bond donors (Lipinski definition) is 1. The van der Waals surface area contributed by atoms with Crippen LogP contribution in [0.2, 0.25) is 0 Å². The lowest BCUT2D eigenvalue weighted by Gasteiger charge is -2.22. The number of rotatable bonds is 6. The first-order valence-corrected chi connectivity index (χ1v) is 9.40. The summed E-state index contributed by atoms with van der Waals surface area (Å²) >= 11 is 1.49. The number of fused-ring (bicyclic) bond motifs is 1. The van der Waals surface area contributed by atoms with Gasteiger partial charge >= 0.3 is 0 Å². The summed E-state index contributed by atoms with van der Waals surface area (Å²) in [6.07, 6.45) is 1.25. The van der Waals surface area contributed by atoms with Crippen molar-refractivity contribution in [3.05, 3.63) is 18.2 Å². The Morgan fingerprint density at radius 2 is 2.10 bits per heavy atom. The van der Waals surface area contributed by atoms with Gasteiger partial charge in [-0.15, -0.1) is 0 Å². The summed E-state index contributed by atoms with van der Waals surface area (Å²) in [7, 11) is -3.12. The van der Waals surface area contributed by atoms with Crippen molar-refractivity contribution in [2.75, 3.05) is 24.7 Å². The number of aromatic nitrogens is 1. The van der Waals surface area contributed by atoms with Crippen LogP contribution < -0.4 is 10.1 Å². The lowest BCUT2D eigenvalue weighted by atomic mass is 10.2. The number of anilines is 1. The Balaban J connectivity index is 2.17. The Kier molecular flexibility index (Phi) is 4.43. The zero-order valence-corrected chi connectivity index (χ0v) is 14.3. The molecule has 2 rings (SSSR count). The van der Waals surface area contributed by atoms with Gasteiger partial charge < -0.3 is 10.1 Å². The van der Waals surface area contributed by atoms with Crippen LogP contribution in [0.5, 0.6) is 5.75 Å². The summed E-state index contributed by atoms with van der Waals surface area (Å²) in [4.78, 5) is 4.46. The molecule has 0 unspecified atom stereocenters. The largest absolute Gasteiger partial charge is 0.494 e. The standard InChI is InChI=1S/C14H20N2O3S2/c1-5-19-10-6-7-11-12(8-10)20-13(16-11)15-9-14(2,3)21(4,17)18/h6-8H,5,9H2,1-4H3,(H,15,16). The molecule has 1 heterocycles. The SMILES string of the molecule is CCOc1ccc2nc(NCC(C)(C)S(C)(=O)=O)sc2c1. The van der Waals surface area contributed by atoms with Gasteiger partial charge in [-0.3, -0.25) is 0 Å². The van der Waals surface area contributed by atoms with Crippen LogP contribution in [0.15, 0.2) is 18.2 Å². The number of nitrogens with one attached hydrogen (secondary N) is 1. The zero-order valence-electron chi connectivity index (χ0n) is 12.6. The number of thiazole rings is 1. The first kappa shape index (κ1) is 16.0. The first-order chi connectivity index (χ1) is 9.73. The predicted molar refractivity (Wildman–Crippen MR) is 88.2 cm³/mol. The van der Waals surface area contributed by atoms with Gasteiger partial charge in [-0.25, -0.2) is 13.4 Å². The van der Waals surface area contributed by atoms with Crippen LogP contribution in [0, 0.1) is 0 Å². The number of nitrogens with zero attached hydrogens (tertiary/aromatic N) is 1. The second-order valence-corrected chi connectivity index (χ2v) is 9.15. The van der Waals surface area contributed by atoms with Gasteiger partial charge in [-0.2, -0.15) is 0 Å². The molecule has 0 spiro atoms. The van der Waals surface area contributed by atoms with Crippen molar-refractivity contribution in [2.45, 2.75) is 25.5 Å². The van der Waals surface area contributed by atoms with Crippen LogP contribution in [-0.4, -0.2) is 37.6 Å². The molecule has 116 valence electrons. The molecule has 1 aromatic carbocycles. The van der Waals surface area contributed by atoms with Crippen LogP contribution >= 0.6 is 11.3 Å². The van der Waals surface area contributed by atoms with Gasteiger partial charge in [-0.05, 0) is 39.0 Å². The summed E-state index contributed by atoms with van der Waals surface area (Å²) in [6, 6.07) is 5.74. The highest BCUT2D eigenvalue weighted by Gasteiger charge is 2.30. The van der Waals surface area contributed by atoms with E-state index in [4.69, 9.17) is 4.74 Å². The van der Waals surface area contributed by atoms with Crippen LogP contribution in [0.1, 0.15) is 20.8 Å². The number of hydrogen-bond acceptors (Lipinski definition) is 6. The Morgan fingerprint density at radius 1 is 1.38 bits per heavy atom. The number of benzene rings is 1. The van der Waals surface area contributed by atoms with Crippen molar-refractivity contribution in [1.82, 2.24) is 4.98 Å². The molecule has 21 heavy (non-hydrogen) atoms. The predicted octanol–water partition coefficient (Wildman–Crippen LogP) is 2.93. The van der Waals surface area contributed by atoms with Gasteiger partial charge in [0.25, 0.3) is 0 Å². The van der Waals surface area contributed by atoms with Crippen molar-refractivity contribution in [3.8, 4) is 5.75 Å². The van der Waals surface area contributed by atoms with Crippen molar-refractivity contribution in [2.24, 2.45) is 0 Å². The van der Waals surface area contributed by atoms with E-state index in [1.54, 1.807) is 13.8 Å². The van der Waals surface area contributed by atoms with E-state index in [0.717, 1.165) is 21.1 Å². The Bertz CT molecular complexity index is 736. The normalized spacial score (nSPS) is 12.6. The average molecular weight is 328 g/mol. The Morgan fingerprint density at radius 3 is 2.71 bits per heavy atom. The molecule has 0 aliphatic heterocycles. The zero-order chi connectivity index (χ0) is 15.7. The lowest BCUT2D eigenvalue weighted by Crippen LogP contribution is -2.38. The third-order valence-electron chi connectivity index (χ3n) is 3.34. The maximum atomic E-state index is 11.7. The second kappa shape index (κ2) is 5.81. The lowest BCUT2D eigenvalue weighted by molar-refractivity contribution is 0.341. The molecule has 0 bridgehead atoms. The van der Waals surface area contributed by atoms with Gasteiger partial charge in [0.05, 0.1) is 21.6 Å². The van der Waals surface area contributed by atoms with Gasteiger partial charge in [0.2, 0.25) is 0 Å². The quantitative estimate of drug-likeness (QED) is 0.883. The van der Waals surface area contributed by atoms with Crippen molar-refractivity contribution >= 4 is 36.5 Å². The van der Waals surface area contributed by atoms with Crippen molar-refractivity contribution in [3.63, 3.8) is 0 Å². The molecule has 1 N–H and O–H groups in total. The molecule has 0 amide bonds. The number of sulfone groups is 1. The minimum atomic E-state index is -3.12. The first-order valence-electron chi connectivity index (χ1n) is 6.70. The fourth-order valence-electron chi connectivity index (χ4n) is 1.66. The van der Waals surface area contributed by atoms with Crippen LogP contribution in [0.3, 0.4) is 0 Å². The molecule has 1 aromatic heterocycles. The maximum absolute atomic E-state index is 11.7. The monoisotopic (exact) mass is 328 g/mol. The van der Waals surface area contributed by atoms with Gasteiger partial charge in [0.1, 0.15) is 5.75 Å². The highest BCUT2D eigenvalue weighted by atomic mass is 32.2. The molecule has 0 radical (unpaired) electrons. The van der Waals surface area contributed by atoms with Crippen LogP contribution in [-0.2, 0) is 9.84 Å². The highest BCUT2D eigenvalue weighted by molar-refractivity contribution is 7.92. The molecule has 0 fully saturated rings. The summed E-state index contributed by atoms with van der Waals surface area (Å²) in [5, 5.41) is 3.84. The average Bonchev–Trinajstić information content (AvgIpc) is 2.77. The molecule has 0 saturated carbocycles. The molecule has 0 aliphatic carbocycles. The fraction of sp³-hybridized carbons (Fsp3) is 0.500. The van der Waals surface area contributed by atoms with Gasteiger partial charge in [0, 0.05) is 12.8 Å². The van der Waals surface area contributed by atoms with Crippen molar-refractivity contribution in [1.29, 1.82) is 0 Å². The molecule has 0 aliphatic rings. The topological polar surface area (TPSA) is 68.3 Å². The second-order valence-electron chi connectivity index (χ2n) is 5.47. The van der Waals surface area contributed by atoms with E-state index in [1.807, 2.05) is 25.1 Å². The molecule has 5 nitrogen and oxygen atoms in total. The summed E-state index contributed by atoms with van der Waals surface area (Å²) < 4.78 is 29.0. The Labute approximate surface area is 129 Å². The summed E-state index contributed by atoms with van der Waals surface area (Å²) in [6.45, 7) is 6.30. The van der Waals surface area contributed by atoms with E-state index in [-0.39, 0.29) is 0 Å². The van der Waals surface area contributed by atoms with E-state index >= 15 is 0 Å². The third-order valence-corrected chi connectivity index (χ3v) is 6.47. The molecule has 7 heteroatoms. The van der Waals surface area contributed by atoms with Gasteiger partial charge in [0.15, 0.2) is 15.0 Å². The highest BCUT2D eigenvalue weighted by Crippen LogP contribution is 2.30.